The fraction of sp³-hybridized carbons (Fsp3) is 0.267. The predicted octanol–water partition coefficient (Wildman–Crippen LogP) is 3.11. The first-order valence-electron chi connectivity index (χ1n) is 6.76. The van der Waals surface area contributed by atoms with Crippen molar-refractivity contribution in [3.8, 4) is 0 Å². The van der Waals surface area contributed by atoms with Gasteiger partial charge in [0.25, 0.3) is 0 Å². The second-order valence-corrected chi connectivity index (χ2v) is 5.82. The molecule has 0 aliphatic rings. The van der Waals surface area contributed by atoms with Crippen molar-refractivity contribution in [2.75, 3.05) is 10.6 Å². The van der Waals surface area contributed by atoms with Crippen molar-refractivity contribution < 1.29 is 9.59 Å². The van der Waals surface area contributed by atoms with Crippen molar-refractivity contribution in [3.63, 3.8) is 0 Å². The largest absolute Gasteiger partial charge is 0.326 e. The van der Waals surface area contributed by atoms with Crippen molar-refractivity contribution in [1.82, 2.24) is 9.78 Å². The van der Waals surface area contributed by atoms with E-state index in [0.717, 1.165) is 10.2 Å². The second kappa shape index (κ2) is 6.74. The summed E-state index contributed by atoms with van der Waals surface area (Å²) < 4.78 is 2.48. The molecule has 1 aromatic carbocycles. The zero-order valence-corrected chi connectivity index (χ0v) is 14.1. The molecule has 0 fully saturated rings. The van der Waals surface area contributed by atoms with E-state index in [1.807, 2.05) is 6.92 Å². The number of anilines is 2. The van der Waals surface area contributed by atoms with E-state index >= 15 is 0 Å². The average Bonchev–Trinajstić information content (AvgIpc) is 2.79. The smallest absolute Gasteiger partial charge is 0.248 e. The summed E-state index contributed by atoms with van der Waals surface area (Å²) in [7, 11) is 0. The van der Waals surface area contributed by atoms with Crippen LogP contribution in [0.2, 0.25) is 0 Å². The van der Waals surface area contributed by atoms with Gasteiger partial charge in [-0.2, -0.15) is 5.10 Å². The maximum Gasteiger partial charge on any atom is 0.248 e. The number of nitrogens with zero attached hydrogens (tertiary/aromatic N) is 2. The summed E-state index contributed by atoms with van der Waals surface area (Å²) in [5, 5.41) is 9.77. The number of rotatable bonds is 4. The van der Waals surface area contributed by atoms with Gasteiger partial charge in [-0.25, -0.2) is 0 Å². The van der Waals surface area contributed by atoms with E-state index in [2.05, 4.69) is 31.7 Å². The maximum atomic E-state index is 12.2. The molecule has 2 N–H and O–H groups in total. The van der Waals surface area contributed by atoms with Gasteiger partial charge in [0.2, 0.25) is 11.8 Å². The van der Waals surface area contributed by atoms with Crippen molar-refractivity contribution in [3.05, 3.63) is 40.6 Å². The lowest BCUT2D eigenvalue weighted by Crippen LogP contribution is -2.24. The Hall–Kier alpha value is -2.15. The summed E-state index contributed by atoms with van der Waals surface area (Å²) in [6.45, 7) is 5.09. The molecule has 2 rings (SSSR count). The average molecular weight is 365 g/mol. The minimum Gasteiger partial charge on any atom is -0.326 e. The number of hydrogen-bond acceptors (Lipinski definition) is 3. The molecule has 1 unspecified atom stereocenters. The molecule has 0 saturated heterocycles. The fourth-order valence-corrected chi connectivity index (χ4v) is 2.15. The summed E-state index contributed by atoms with van der Waals surface area (Å²) in [5.41, 5.74) is 2.18. The van der Waals surface area contributed by atoms with Crippen LogP contribution >= 0.6 is 15.9 Å². The van der Waals surface area contributed by atoms with Crippen molar-refractivity contribution in [2.45, 2.75) is 26.8 Å². The zero-order valence-electron chi connectivity index (χ0n) is 12.6. The van der Waals surface area contributed by atoms with Gasteiger partial charge >= 0.3 is 0 Å². The minimum atomic E-state index is -0.431. The van der Waals surface area contributed by atoms with Crippen LogP contribution in [0.3, 0.4) is 0 Å². The lowest BCUT2D eigenvalue weighted by atomic mass is 10.2. The Morgan fingerprint density at radius 1 is 1.18 bits per heavy atom. The zero-order chi connectivity index (χ0) is 16.3. The topological polar surface area (TPSA) is 76.0 Å². The molecule has 2 aromatic rings. The van der Waals surface area contributed by atoms with Crippen LogP contribution in [0.1, 0.15) is 25.6 Å². The number of hydrogen-bond donors (Lipinski definition) is 2. The van der Waals surface area contributed by atoms with Crippen LogP contribution in [0.25, 0.3) is 0 Å². The van der Waals surface area contributed by atoms with Crippen LogP contribution in [-0.4, -0.2) is 21.6 Å². The molecule has 1 heterocycles. The molecule has 7 heteroatoms. The number of halogens is 1. The maximum absolute atomic E-state index is 12.2. The first-order chi connectivity index (χ1) is 10.4. The van der Waals surface area contributed by atoms with Gasteiger partial charge in [0.1, 0.15) is 6.04 Å². The molecule has 0 aliphatic heterocycles. The van der Waals surface area contributed by atoms with Gasteiger partial charge in [-0.05, 0) is 54.0 Å². The number of aryl methyl sites for hydroxylation is 1. The number of aromatic nitrogens is 2. The lowest BCUT2D eigenvalue weighted by Gasteiger charge is -2.13. The van der Waals surface area contributed by atoms with Gasteiger partial charge in [-0.1, -0.05) is 0 Å². The van der Waals surface area contributed by atoms with E-state index in [4.69, 9.17) is 0 Å². The van der Waals surface area contributed by atoms with E-state index in [0.29, 0.717) is 11.4 Å². The third-order valence-electron chi connectivity index (χ3n) is 3.11. The van der Waals surface area contributed by atoms with E-state index < -0.39 is 6.04 Å². The Labute approximate surface area is 137 Å². The van der Waals surface area contributed by atoms with Crippen LogP contribution in [0.4, 0.5) is 11.4 Å². The van der Waals surface area contributed by atoms with Gasteiger partial charge in [-0.3, -0.25) is 14.3 Å². The molecular formula is C15H17BrN4O2. The van der Waals surface area contributed by atoms with Crippen molar-refractivity contribution >= 4 is 39.1 Å². The summed E-state index contributed by atoms with van der Waals surface area (Å²) in [6, 6.07) is 6.51. The Kier molecular flexibility index (Phi) is 4.97. The standard InChI is InChI=1S/C15H17BrN4O2/c1-9-14(16)8-20(19-9)10(2)15(22)18-13-6-4-12(5-7-13)17-11(3)21/h4-8,10H,1-3H3,(H,17,21)(H,18,22). The molecule has 22 heavy (non-hydrogen) atoms. The first kappa shape index (κ1) is 16.2. The van der Waals surface area contributed by atoms with E-state index in [-0.39, 0.29) is 11.8 Å². The molecule has 0 aliphatic carbocycles. The molecule has 0 saturated carbocycles. The molecule has 1 aromatic heterocycles. The van der Waals surface area contributed by atoms with Crippen LogP contribution in [-0.2, 0) is 9.59 Å². The van der Waals surface area contributed by atoms with Gasteiger partial charge < -0.3 is 10.6 Å². The van der Waals surface area contributed by atoms with E-state index in [1.165, 1.54) is 6.92 Å². The normalized spacial score (nSPS) is 11.8. The molecule has 1 atom stereocenters. The molecular weight excluding hydrogens is 348 g/mol. The quantitative estimate of drug-likeness (QED) is 0.874. The number of nitrogens with one attached hydrogen (secondary N) is 2. The molecule has 0 spiro atoms. The molecule has 0 radical (unpaired) electrons. The highest BCUT2D eigenvalue weighted by Crippen LogP contribution is 2.19. The summed E-state index contributed by atoms with van der Waals surface area (Å²) >= 11 is 3.38. The van der Waals surface area contributed by atoms with Crippen LogP contribution < -0.4 is 10.6 Å². The molecule has 116 valence electrons. The highest BCUT2D eigenvalue weighted by atomic mass is 79.9. The summed E-state index contributed by atoms with van der Waals surface area (Å²) in [4.78, 5) is 23.2. The van der Waals surface area contributed by atoms with Crippen LogP contribution in [0.5, 0.6) is 0 Å². The Morgan fingerprint density at radius 3 is 2.18 bits per heavy atom. The Balaban J connectivity index is 2.03. The van der Waals surface area contributed by atoms with Crippen LogP contribution in [0.15, 0.2) is 34.9 Å². The monoisotopic (exact) mass is 364 g/mol. The number of carbonyl (C=O) groups excluding carboxylic acids is 2. The number of amides is 2. The van der Waals surface area contributed by atoms with E-state index in [1.54, 1.807) is 42.1 Å². The second-order valence-electron chi connectivity index (χ2n) is 4.97. The predicted molar refractivity (Wildman–Crippen MR) is 88.8 cm³/mol. The van der Waals surface area contributed by atoms with Gasteiger partial charge in [0.05, 0.1) is 10.2 Å². The summed E-state index contributed by atoms with van der Waals surface area (Å²) in [6.07, 6.45) is 1.78. The minimum absolute atomic E-state index is 0.134. The number of carbonyl (C=O) groups is 2. The molecule has 6 nitrogen and oxygen atoms in total. The SMILES string of the molecule is CC(=O)Nc1ccc(NC(=O)C(C)n2cc(Br)c(C)n2)cc1. The highest BCUT2D eigenvalue weighted by Gasteiger charge is 2.17. The van der Waals surface area contributed by atoms with Crippen molar-refractivity contribution in [2.24, 2.45) is 0 Å². The number of benzene rings is 1. The van der Waals surface area contributed by atoms with Gasteiger partial charge in [-0.15, -0.1) is 0 Å². The lowest BCUT2D eigenvalue weighted by molar-refractivity contribution is -0.119. The molecule has 2 amide bonds. The molecule has 0 bridgehead atoms. The Bertz CT molecular complexity index is 675. The van der Waals surface area contributed by atoms with Gasteiger partial charge in [0.15, 0.2) is 0 Å². The third-order valence-corrected chi connectivity index (χ3v) is 3.88. The fourth-order valence-electron chi connectivity index (χ4n) is 1.86. The van der Waals surface area contributed by atoms with Crippen LogP contribution in [0, 0.1) is 6.92 Å². The summed E-state index contributed by atoms with van der Waals surface area (Å²) in [5.74, 6) is -0.299. The van der Waals surface area contributed by atoms with Gasteiger partial charge in [0, 0.05) is 24.5 Å². The highest BCUT2D eigenvalue weighted by molar-refractivity contribution is 9.10. The third kappa shape index (κ3) is 3.94. The first-order valence-corrected chi connectivity index (χ1v) is 7.56. The Morgan fingerprint density at radius 2 is 1.73 bits per heavy atom. The van der Waals surface area contributed by atoms with E-state index in [9.17, 15) is 9.59 Å². The van der Waals surface area contributed by atoms with Crippen molar-refractivity contribution in [1.29, 1.82) is 0 Å².